The molecule has 1 saturated heterocycles. The van der Waals surface area contributed by atoms with Gasteiger partial charge in [0.05, 0.1) is 6.54 Å². The summed E-state index contributed by atoms with van der Waals surface area (Å²) in [4.78, 5) is 16.7. The van der Waals surface area contributed by atoms with Crippen LogP contribution in [0, 0.1) is 5.92 Å². The van der Waals surface area contributed by atoms with Crippen molar-refractivity contribution in [2.24, 2.45) is 5.92 Å². The fraction of sp³-hybridized carbons (Fsp3) is 0.476. The molecule has 0 unspecified atom stereocenters. The number of carbonyl (C=O) groups excluding carboxylic acids is 1. The highest BCUT2D eigenvalue weighted by Gasteiger charge is 2.19. The Labute approximate surface area is 150 Å². The number of carbonyl (C=O) groups is 1. The third-order valence-electron chi connectivity index (χ3n) is 4.81. The summed E-state index contributed by atoms with van der Waals surface area (Å²) in [6, 6.07) is 15.1. The Morgan fingerprint density at radius 1 is 1.00 bits per heavy atom. The van der Waals surface area contributed by atoms with E-state index in [0.717, 1.165) is 39.3 Å². The summed E-state index contributed by atoms with van der Waals surface area (Å²) in [5, 5.41) is 5.66. The topological polar surface area (TPSA) is 35.6 Å². The number of benzene rings is 2. The van der Waals surface area contributed by atoms with E-state index in [-0.39, 0.29) is 5.91 Å². The quantitative estimate of drug-likeness (QED) is 0.879. The Bertz CT molecular complexity index is 700. The average molecular weight is 339 g/mol. The van der Waals surface area contributed by atoms with Gasteiger partial charge in [-0.3, -0.25) is 14.6 Å². The predicted molar refractivity (Wildman–Crippen MR) is 104 cm³/mol. The number of hydrogen-bond donors (Lipinski definition) is 1. The molecule has 1 aliphatic heterocycles. The molecule has 1 N–H and O–H groups in total. The van der Waals surface area contributed by atoms with Crippen molar-refractivity contribution in [1.82, 2.24) is 15.1 Å². The van der Waals surface area contributed by atoms with Gasteiger partial charge in [0.2, 0.25) is 5.91 Å². The van der Waals surface area contributed by atoms with Gasteiger partial charge in [-0.15, -0.1) is 0 Å². The van der Waals surface area contributed by atoms with Gasteiger partial charge in [0, 0.05) is 39.3 Å². The zero-order valence-corrected chi connectivity index (χ0v) is 15.4. The van der Waals surface area contributed by atoms with Crippen LogP contribution in [0.4, 0.5) is 0 Å². The Morgan fingerprint density at radius 2 is 1.68 bits per heavy atom. The van der Waals surface area contributed by atoms with Crippen molar-refractivity contribution in [2.75, 3.05) is 39.3 Å². The van der Waals surface area contributed by atoms with Crippen LogP contribution < -0.4 is 5.32 Å². The summed E-state index contributed by atoms with van der Waals surface area (Å²) < 4.78 is 0. The molecule has 4 heteroatoms. The SMILES string of the molecule is CC(C)CNC(=O)CN1CCN(Cc2cccc3ccccc23)CC1. The first-order valence-corrected chi connectivity index (χ1v) is 9.30. The maximum Gasteiger partial charge on any atom is 0.234 e. The fourth-order valence-corrected chi connectivity index (χ4v) is 3.35. The van der Waals surface area contributed by atoms with E-state index >= 15 is 0 Å². The van der Waals surface area contributed by atoms with Gasteiger partial charge < -0.3 is 5.32 Å². The molecule has 0 bridgehead atoms. The highest BCUT2D eigenvalue weighted by atomic mass is 16.2. The number of hydrogen-bond acceptors (Lipinski definition) is 3. The molecule has 1 fully saturated rings. The van der Waals surface area contributed by atoms with E-state index in [1.54, 1.807) is 0 Å². The number of piperazine rings is 1. The van der Waals surface area contributed by atoms with Crippen molar-refractivity contribution in [3.05, 3.63) is 48.0 Å². The van der Waals surface area contributed by atoms with E-state index in [2.05, 4.69) is 71.4 Å². The van der Waals surface area contributed by atoms with Crippen LogP contribution in [0.5, 0.6) is 0 Å². The molecule has 0 atom stereocenters. The third-order valence-corrected chi connectivity index (χ3v) is 4.81. The molecule has 0 aliphatic carbocycles. The van der Waals surface area contributed by atoms with E-state index < -0.39 is 0 Å². The van der Waals surface area contributed by atoms with Gasteiger partial charge >= 0.3 is 0 Å². The molecule has 25 heavy (non-hydrogen) atoms. The minimum absolute atomic E-state index is 0.149. The average Bonchev–Trinajstić information content (AvgIpc) is 2.62. The highest BCUT2D eigenvalue weighted by molar-refractivity contribution is 5.85. The van der Waals surface area contributed by atoms with E-state index in [1.807, 2.05) is 0 Å². The molecule has 0 spiro atoms. The van der Waals surface area contributed by atoms with Gasteiger partial charge in [-0.1, -0.05) is 56.3 Å². The van der Waals surface area contributed by atoms with Crippen molar-refractivity contribution in [2.45, 2.75) is 20.4 Å². The summed E-state index contributed by atoms with van der Waals surface area (Å²) >= 11 is 0. The predicted octanol–water partition coefficient (Wildman–Crippen LogP) is 2.73. The second kappa shape index (κ2) is 8.45. The fourth-order valence-electron chi connectivity index (χ4n) is 3.35. The molecule has 0 radical (unpaired) electrons. The highest BCUT2D eigenvalue weighted by Crippen LogP contribution is 2.20. The molecule has 1 aliphatic rings. The number of fused-ring (bicyclic) bond motifs is 1. The lowest BCUT2D eigenvalue weighted by molar-refractivity contribution is -0.122. The van der Waals surface area contributed by atoms with Gasteiger partial charge in [0.1, 0.15) is 0 Å². The maximum absolute atomic E-state index is 12.0. The van der Waals surface area contributed by atoms with Crippen LogP contribution in [0.15, 0.2) is 42.5 Å². The minimum Gasteiger partial charge on any atom is -0.355 e. The van der Waals surface area contributed by atoms with E-state index in [0.29, 0.717) is 12.5 Å². The lowest BCUT2D eigenvalue weighted by Crippen LogP contribution is -2.49. The Balaban J connectivity index is 1.50. The van der Waals surface area contributed by atoms with Crippen LogP contribution in [0.25, 0.3) is 10.8 Å². The van der Waals surface area contributed by atoms with Crippen LogP contribution in [0.3, 0.4) is 0 Å². The molecule has 4 nitrogen and oxygen atoms in total. The van der Waals surface area contributed by atoms with Crippen LogP contribution in [0.2, 0.25) is 0 Å². The van der Waals surface area contributed by atoms with Crippen molar-refractivity contribution >= 4 is 16.7 Å². The van der Waals surface area contributed by atoms with Gasteiger partial charge in [-0.05, 0) is 22.3 Å². The number of rotatable bonds is 6. The molecule has 0 saturated carbocycles. The number of nitrogens with one attached hydrogen (secondary N) is 1. The van der Waals surface area contributed by atoms with Gasteiger partial charge in [0.15, 0.2) is 0 Å². The van der Waals surface area contributed by atoms with Crippen molar-refractivity contribution in [3.63, 3.8) is 0 Å². The van der Waals surface area contributed by atoms with Crippen LogP contribution in [-0.4, -0.2) is 55.0 Å². The lowest BCUT2D eigenvalue weighted by atomic mass is 10.0. The molecule has 2 aromatic rings. The van der Waals surface area contributed by atoms with Gasteiger partial charge in [0.25, 0.3) is 0 Å². The molecule has 0 aromatic heterocycles. The maximum atomic E-state index is 12.0. The minimum atomic E-state index is 0.149. The molecule has 1 heterocycles. The second-order valence-electron chi connectivity index (χ2n) is 7.39. The Hall–Kier alpha value is -1.91. The molecular weight excluding hydrogens is 310 g/mol. The Morgan fingerprint density at radius 3 is 2.44 bits per heavy atom. The van der Waals surface area contributed by atoms with E-state index in [4.69, 9.17) is 0 Å². The number of amides is 1. The lowest BCUT2D eigenvalue weighted by Gasteiger charge is -2.34. The monoisotopic (exact) mass is 339 g/mol. The molecule has 1 amide bonds. The molecular formula is C21H29N3O. The first-order chi connectivity index (χ1) is 12.1. The van der Waals surface area contributed by atoms with E-state index in [1.165, 1.54) is 16.3 Å². The van der Waals surface area contributed by atoms with Crippen molar-refractivity contribution in [3.8, 4) is 0 Å². The number of nitrogens with zero attached hydrogens (tertiary/aromatic N) is 2. The summed E-state index contributed by atoms with van der Waals surface area (Å²) in [5.41, 5.74) is 1.39. The standard InChI is InChI=1S/C21H29N3O/c1-17(2)14-22-21(25)16-24-12-10-23(11-13-24)15-19-8-5-7-18-6-3-4-9-20(18)19/h3-9,17H,10-16H2,1-2H3,(H,22,25). The molecule has 134 valence electrons. The summed E-state index contributed by atoms with van der Waals surface area (Å²) in [6.07, 6.45) is 0. The zero-order chi connectivity index (χ0) is 17.6. The van der Waals surface area contributed by atoms with Gasteiger partial charge in [-0.25, -0.2) is 0 Å². The third kappa shape index (κ3) is 5.03. The Kier molecular flexibility index (Phi) is 6.05. The summed E-state index contributed by atoms with van der Waals surface area (Å²) in [6.45, 7) is 10.4. The first kappa shape index (κ1) is 17.9. The van der Waals surface area contributed by atoms with Crippen molar-refractivity contribution < 1.29 is 4.79 Å². The van der Waals surface area contributed by atoms with E-state index in [9.17, 15) is 4.79 Å². The van der Waals surface area contributed by atoms with Crippen LogP contribution >= 0.6 is 0 Å². The summed E-state index contributed by atoms with van der Waals surface area (Å²) in [7, 11) is 0. The van der Waals surface area contributed by atoms with Crippen molar-refractivity contribution in [1.29, 1.82) is 0 Å². The smallest absolute Gasteiger partial charge is 0.234 e. The largest absolute Gasteiger partial charge is 0.355 e. The normalized spacial score (nSPS) is 16.4. The zero-order valence-electron chi connectivity index (χ0n) is 15.4. The van der Waals surface area contributed by atoms with Gasteiger partial charge in [-0.2, -0.15) is 0 Å². The first-order valence-electron chi connectivity index (χ1n) is 9.30. The second-order valence-corrected chi connectivity index (χ2v) is 7.39. The summed E-state index contributed by atoms with van der Waals surface area (Å²) in [5.74, 6) is 0.651. The van der Waals surface area contributed by atoms with Crippen LogP contribution in [0.1, 0.15) is 19.4 Å². The molecule has 2 aromatic carbocycles. The molecule has 3 rings (SSSR count). The van der Waals surface area contributed by atoms with Crippen LogP contribution in [-0.2, 0) is 11.3 Å².